The molecule has 0 radical (unpaired) electrons. The second-order valence-corrected chi connectivity index (χ2v) is 6.40. The Morgan fingerprint density at radius 3 is 2.68 bits per heavy atom. The van der Waals surface area contributed by atoms with Crippen LogP contribution in [-0.2, 0) is 16.0 Å². The van der Waals surface area contributed by atoms with Gasteiger partial charge < -0.3 is 10.4 Å². The Hall–Kier alpha value is -1.84. The Labute approximate surface area is 131 Å². The fourth-order valence-electron chi connectivity index (χ4n) is 3.23. The number of nitrogens with one attached hydrogen (secondary N) is 1. The topological polar surface area (TPSA) is 66.4 Å². The van der Waals surface area contributed by atoms with Crippen molar-refractivity contribution >= 4 is 17.6 Å². The highest BCUT2D eigenvalue weighted by Gasteiger charge is 2.21. The molecule has 0 aliphatic heterocycles. The minimum Gasteiger partial charge on any atom is -0.481 e. The standard InChI is InChI=1S/C18H25NO3/c1-13(10-14-6-3-2-4-7-14)18(22)19-16-9-5-8-15(11-16)12-17(20)21/h5,8-9,11,13-14H,2-4,6-7,10,12H2,1H3,(H,19,22)(H,20,21). The highest BCUT2D eigenvalue weighted by molar-refractivity contribution is 5.92. The van der Waals surface area contributed by atoms with Gasteiger partial charge >= 0.3 is 5.97 Å². The molecule has 2 N–H and O–H groups in total. The molecular formula is C18H25NO3. The summed E-state index contributed by atoms with van der Waals surface area (Å²) in [4.78, 5) is 23.0. The second-order valence-electron chi connectivity index (χ2n) is 6.40. The Morgan fingerprint density at radius 1 is 1.27 bits per heavy atom. The van der Waals surface area contributed by atoms with Gasteiger partial charge in [-0.1, -0.05) is 51.2 Å². The average molecular weight is 303 g/mol. The van der Waals surface area contributed by atoms with Crippen LogP contribution in [0.4, 0.5) is 5.69 Å². The lowest BCUT2D eigenvalue weighted by Gasteiger charge is -2.24. The lowest BCUT2D eigenvalue weighted by Crippen LogP contribution is -2.23. The zero-order valence-electron chi connectivity index (χ0n) is 13.2. The Morgan fingerprint density at radius 2 is 2.00 bits per heavy atom. The first-order valence-corrected chi connectivity index (χ1v) is 8.16. The first kappa shape index (κ1) is 16.5. The number of benzene rings is 1. The number of carboxylic acids is 1. The molecule has 0 heterocycles. The van der Waals surface area contributed by atoms with Gasteiger partial charge in [0.05, 0.1) is 6.42 Å². The van der Waals surface area contributed by atoms with Crippen LogP contribution in [0.1, 0.15) is 51.0 Å². The molecular weight excluding hydrogens is 278 g/mol. The fourth-order valence-corrected chi connectivity index (χ4v) is 3.23. The molecule has 22 heavy (non-hydrogen) atoms. The van der Waals surface area contributed by atoms with E-state index in [1.807, 2.05) is 6.92 Å². The SMILES string of the molecule is CC(CC1CCCCC1)C(=O)Nc1cccc(CC(=O)O)c1. The van der Waals surface area contributed by atoms with Crippen molar-refractivity contribution < 1.29 is 14.7 Å². The monoisotopic (exact) mass is 303 g/mol. The quantitative estimate of drug-likeness (QED) is 0.838. The van der Waals surface area contributed by atoms with Gasteiger partial charge in [-0.15, -0.1) is 0 Å². The highest BCUT2D eigenvalue weighted by Crippen LogP contribution is 2.29. The van der Waals surface area contributed by atoms with E-state index >= 15 is 0 Å². The number of amides is 1. The van der Waals surface area contributed by atoms with Crippen molar-refractivity contribution in [1.82, 2.24) is 0 Å². The van der Waals surface area contributed by atoms with E-state index in [0.29, 0.717) is 17.2 Å². The molecule has 1 saturated carbocycles. The van der Waals surface area contributed by atoms with E-state index in [1.54, 1.807) is 24.3 Å². The van der Waals surface area contributed by atoms with E-state index in [-0.39, 0.29) is 18.2 Å². The molecule has 120 valence electrons. The number of carbonyl (C=O) groups is 2. The molecule has 0 bridgehead atoms. The van der Waals surface area contributed by atoms with E-state index in [9.17, 15) is 9.59 Å². The molecule has 4 heteroatoms. The van der Waals surface area contributed by atoms with E-state index in [0.717, 1.165) is 6.42 Å². The minimum atomic E-state index is -0.867. The lowest BCUT2D eigenvalue weighted by atomic mass is 9.83. The molecule has 1 unspecified atom stereocenters. The van der Waals surface area contributed by atoms with Gasteiger partial charge in [-0.25, -0.2) is 0 Å². The summed E-state index contributed by atoms with van der Waals surface area (Å²) in [5, 5.41) is 11.7. The molecule has 1 aromatic rings. The Bertz CT molecular complexity index is 521. The number of aliphatic carboxylic acids is 1. The highest BCUT2D eigenvalue weighted by atomic mass is 16.4. The molecule has 1 aliphatic carbocycles. The number of rotatable bonds is 6. The third-order valence-corrected chi connectivity index (χ3v) is 4.41. The van der Waals surface area contributed by atoms with Gasteiger partial charge in [0.2, 0.25) is 5.91 Å². The summed E-state index contributed by atoms with van der Waals surface area (Å²) in [5.74, 6) is -0.175. The van der Waals surface area contributed by atoms with Crippen molar-refractivity contribution in [3.63, 3.8) is 0 Å². The summed E-state index contributed by atoms with van der Waals surface area (Å²) in [7, 11) is 0. The van der Waals surface area contributed by atoms with E-state index in [2.05, 4.69) is 5.32 Å². The van der Waals surface area contributed by atoms with E-state index in [1.165, 1.54) is 32.1 Å². The van der Waals surface area contributed by atoms with Gasteiger partial charge in [-0.05, 0) is 30.0 Å². The van der Waals surface area contributed by atoms with E-state index in [4.69, 9.17) is 5.11 Å². The molecule has 4 nitrogen and oxygen atoms in total. The van der Waals surface area contributed by atoms with Crippen molar-refractivity contribution in [3.8, 4) is 0 Å². The summed E-state index contributed by atoms with van der Waals surface area (Å²) in [5.41, 5.74) is 1.38. The first-order valence-electron chi connectivity index (χ1n) is 8.16. The number of carbonyl (C=O) groups excluding carboxylic acids is 1. The maximum Gasteiger partial charge on any atom is 0.307 e. The molecule has 0 saturated heterocycles. The van der Waals surface area contributed by atoms with Gasteiger partial charge in [-0.2, -0.15) is 0 Å². The number of hydrogen-bond donors (Lipinski definition) is 2. The van der Waals surface area contributed by atoms with Crippen LogP contribution in [0.3, 0.4) is 0 Å². The number of anilines is 1. The largest absolute Gasteiger partial charge is 0.481 e. The van der Waals surface area contributed by atoms with Crippen LogP contribution < -0.4 is 5.32 Å². The summed E-state index contributed by atoms with van der Waals surface area (Å²) in [6.07, 6.45) is 7.30. The van der Waals surface area contributed by atoms with Crippen LogP contribution in [0.15, 0.2) is 24.3 Å². The molecule has 2 rings (SSSR count). The van der Waals surface area contributed by atoms with Gasteiger partial charge in [0.15, 0.2) is 0 Å². The fraction of sp³-hybridized carbons (Fsp3) is 0.556. The smallest absolute Gasteiger partial charge is 0.307 e. The minimum absolute atomic E-state index is 0.00812. The van der Waals surface area contributed by atoms with Crippen molar-refractivity contribution in [1.29, 1.82) is 0 Å². The second kappa shape index (κ2) is 7.97. The first-order chi connectivity index (χ1) is 10.5. The molecule has 0 spiro atoms. The van der Waals surface area contributed by atoms with Gasteiger partial charge in [0.1, 0.15) is 0 Å². The number of carboxylic acid groups (broad SMARTS) is 1. The van der Waals surface area contributed by atoms with Gasteiger partial charge in [-0.3, -0.25) is 9.59 Å². The third kappa shape index (κ3) is 5.17. The molecule has 0 aromatic heterocycles. The van der Waals surface area contributed by atoms with Crippen molar-refractivity contribution in [2.45, 2.75) is 51.9 Å². The Kier molecular flexibility index (Phi) is 5.99. The zero-order valence-corrected chi connectivity index (χ0v) is 13.2. The number of hydrogen-bond acceptors (Lipinski definition) is 2. The van der Waals surface area contributed by atoms with Crippen LogP contribution in [-0.4, -0.2) is 17.0 Å². The molecule has 1 atom stereocenters. The lowest BCUT2D eigenvalue weighted by molar-refractivity contribution is -0.136. The summed E-state index contributed by atoms with van der Waals surface area (Å²) < 4.78 is 0. The predicted octanol–water partition coefficient (Wildman–Crippen LogP) is 3.86. The van der Waals surface area contributed by atoms with Gasteiger partial charge in [0.25, 0.3) is 0 Å². The summed E-state index contributed by atoms with van der Waals surface area (Å²) >= 11 is 0. The molecule has 1 fully saturated rings. The molecule has 1 amide bonds. The van der Waals surface area contributed by atoms with Crippen LogP contribution in [0.2, 0.25) is 0 Å². The summed E-state index contributed by atoms with van der Waals surface area (Å²) in [6, 6.07) is 7.07. The van der Waals surface area contributed by atoms with Crippen molar-refractivity contribution in [2.75, 3.05) is 5.32 Å². The van der Waals surface area contributed by atoms with Crippen LogP contribution in [0.5, 0.6) is 0 Å². The maximum atomic E-state index is 12.3. The van der Waals surface area contributed by atoms with Gasteiger partial charge in [0, 0.05) is 11.6 Å². The normalized spacial score (nSPS) is 17.0. The summed E-state index contributed by atoms with van der Waals surface area (Å²) in [6.45, 7) is 1.98. The molecule has 1 aromatic carbocycles. The molecule has 1 aliphatic rings. The van der Waals surface area contributed by atoms with Crippen LogP contribution in [0, 0.1) is 11.8 Å². The van der Waals surface area contributed by atoms with Crippen LogP contribution >= 0.6 is 0 Å². The van der Waals surface area contributed by atoms with Crippen molar-refractivity contribution in [3.05, 3.63) is 29.8 Å². The van der Waals surface area contributed by atoms with E-state index < -0.39 is 5.97 Å². The average Bonchev–Trinajstić information content (AvgIpc) is 2.48. The third-order valence-electron chi connectivity index (χ3n) is 4.41. The zero-order chi connectivity index (χ0) is 15.9. The maximum absolute atomic E-state index is 12.3. The Balaban J connectivity index is 1.88. The van der Waals surface area contributed by atoms with Crippen LogP contribution in [0.25, 0.3) is 0 Å². The van der Waals surface area contributed by atoms with Crippen molar-refractivity contribution in [2.24, 2.45) is 11.8 Å². The predicted molar refractivity (Wildman–Crippen MR) is 86.8 cm³/mol.